The standard InChI is InChI=1S/C17H34O/c1-3-5-7-9-10-12-14-16-17(18)15-13-11-8-6-4-2/h13,15,17-18H,3-12,14,16H2,1-2H3/b15-13+. The summed E-state index contributed by atoms with van der Waals surface area (Å²) in [4.78, 5) is 0. The average molecular weight is 254 g/mol. The number of allylic oxidation sites excluding steroid dienone is 1. The molecule has 0 bridgehead atoms. The molecule has 0 amide bonds. The van der Waals surface area contributed by atoms with Crippen molar-refractivity contribution < 1.29 is 5.11 Å². The second-order valence-corrected chi connectivity index (χ2v) is 5.40. The summed E-state index contributed by atoms with van der Waals surface area (Å²) in [6, 6.07) is 0. The van der Waals surface area contributed by atoms with E-state index >= 15 is 0 Å². The lowest BCUT2D eigenvalue weighted by molar-refractivity contribution is 0.207. The van der Waals surface area contributed by atoms with E-state index in [4.69, 9.17) is 0 Å². The molecule has 1 nitrogen and oxygen atoms in total. The molecule has 0 aromatic heterocycles. The number of hydrogen-bond acceptors (Lipinski definition) is 1. The van der Waals surface area contributed by atoms with Crippen molar-refractivity contribution >= 4 is 0 Å². The summed E-state index contributed by atoms with van der Waals surface area (Å²) in [6.45, 7) is 4.47. The molecule has 0 spiro atoms. The molecular weight excluding hydrogens is 220 g/mol. The van der Waals surface area contributed by atoms with E-state index in [-0.39, 0.29) is 6.10 Å². The van der Waals surface area contributed by atoms with Crippen molar-refractivity contribution in [3.8, 4) is 0 Å². The van der Waals surface area contributed by atoms with Gasteiger partial charge in [-0.15, -0.1) is 0 Å². The van der Waals surface area contributed by atoms with Crippen LogP contribution in [0.25, 0.3) is 0 Å². The van der Waals surface area contributed by atoms with Gasteiger partial charge in [0.25, 0.3) is 0 Å². The average Bonchev–Trinajstić information content (AvgIpc) is 2.37. The van der Waals surface area contributed by atoms with E-state index in [0.29, 0.717) is 0 Å². The molecule has 0 rings (SSSR count). The van der Waals surface area contributed by atoms with Crippen LogP contribution in [0.2, 0.25) is 0 Å². The van der Waals surface area contributed by atoms with Crippen molar-refractivity contribution in [2.45, 2.75) is 97.0 Å². The fourth-order valence-corrected chi connectivity index (χ4v) is 2.17. The van der Waals surface area contributed by atoms with Crippen LogP contribution >= 0.6 is 0 Å². The van der Waals surface area contributed by atoms with E-state index in [2.05, 4.69) is 19.9 Å². The lowest BCUT2D eigenvalue weighted by Crippen LogP contribution is -2.01. The van der Waals surface area contributed by atoms with Crippen molar-refractivity contribution in [1.82, 2.24) is 0 Å². The zero-order valence-corrected chi connectivity index (χ0v) is 12.7. The largest absolute Gasteiger partial charge is 0.389 e. The van der Waals surface area contributed by atoms with Gasteiger partial charge in [-0.2, -0.15) is 0 Å². The number of aliphatic hydroxyl groups excluding tert-OH is 1. The summed E-state index contributed by atoms with van der Waals surface area (Å²) in [5.41, 5.74) is 0. The van der Waals surface area contributed by atoms with Crippen molar-refractivity contribution in [3.63, 3.8) is 0 Å². The van der Waals surface area contributed by atoms with Gasteiger partial charge in [0.2, 0.25) is 0 Å². The van der Waals surface area contributed by atoms with Crippen LogP contribution in [0.5, 0.6) is 0 Å². The Hall–Kier alpha value is -0.300. The third kappa shape index (κ3) is 13.8. The summed E-state index contributed by atoms with van der Waals surface area (Å²) in [7, 11) is 0. The molecular formula is C17H34O. The Morgan fingerprint density at radius 1 is 0.778 bits per heavy atom. The minimum absolute atomic E-state index is 0.206. The Balaban J connectivity index is 3.23. The highest BCUT2D eigenvalue weighted by atomic mass is 16.3. The second kappa shape index (κ2) is 14.8. The molecule has 0 heterocycles. The van der Waals surface area contributed by atoms with Crippen molar-refractivity contribution in [2.75, 3.05) is 0 Å². The van der Waals surface area contributed by atoms with E-state index in [9.17, 15) is 5.11 Å². The Morgan fingerprint density at radius 3 is 2.00 bits per heavy atom. The maximum absolute atomic E-state index is 9.76. The van der Waals surface area contributed by atoms with Crippen LogP contribution in [-0.4, -0.2) is 11.2 Å². The van der Waals surface area contributed by atoms with Crippen molar-refractivity contribution in [3.05, 3.63) is 12.2 Å². The first-order valence-corrected chi connectivity index (χ1v) is 8.16. The first-order chi connectivity index (χ1) is 8.81. The molecule has 0 saturated heterocycles. The van der Waals surface area contributed by atoms with Gasteiger partial charge < -0.3 is 5.11 Å². The van der Waals surface area contributed by atoms with E-state index in [1.54, 1.807) is 0 Å². The predicted octanol–water partition coefficient (Wildman–Crippen LogP) is 5.62. The quantitative estimate of drug-likeness (QED) is 0.334. The molecule has 1 N–H and O–H groups in total. The third-order valence-electron chi connectivity index (χ3n) is 3.44. The van der Waals surface area contributed by atoms with Gasteiger partial charge in [-0.3, -0.25) is 0 Å². The highest BCUT2D eigenvalue weighted by molar-refractivity contribution is 4.88. The molecule has 0 radical (unpaired) electrons. The minimum Gasteiger partial charge on any atom is -0.389 e. The molecule has 0 aliphatic rings. The lowest BCUT2D eigenvalue weighted by Gasteiger charge is -2.05. The molecule has 0 saturated carbocycles. The topological polar surface area (TPSA) is 20.2 Å². The fourth-order valence-electron chi connectivity index (χ4n) is 2.17. The first-order valence-electron chi connectivity index (χ1n) is 8.16. The van der Waals surface area contributed by atoms with Crippen LogP contribution < -0.4 is 0 Å². The molecule has 0 aromatic carbocycles. The molecule has 1 atom stereocenters. The van der Waals surface area contributed by atoms with E-state index in [0.717, 1.165) is 12.8 Å². The molecule has 108 valence electrons. The van der Waals surface area contributed by atoms with Gasteiger partial charge in [0.15, 0.2) is 0 Å². The zero-order chi connectivity index (χ0) is 13.5. The van der Waals surface area contributed by atoms with E-state index in [1.165, 1.54) is 64.2 Å². The van der Waals surface area contributed by atoms with Crippen LogP contribution in [0.3, 0.4) is 0 Å². The molecule has 0 fully saturated rings. The Morgan fingerprint density at radius 2 is 1.33 bits per heavy atom. The molecule has 18 heavy (non-hydrogen) atoms. The van der Waals surface area contributed by atoms with E-state index in [1.807, 2.05) is 6.08 Å². The number of rotatable bonds is 13. The van der Waals surface area contributed by atoms with Crippen LogP contribution in [0.15, 0.2) is 12.2 Å². The first kappa shape index (κ1) is 17.7. The smallest absolute Gasteiger partial charge is 0.0720 e. The van der Waals surface area contributed by atoms with Crippen LogP contribution in [0.1, 0.15) is 90.9 Å². The predicted molar refractivity (Wildman–Crippen MR) is 81.9 cm³/mol. The van der Waals surface area contributed by atoms with Crippen molar-refractivity contribution in [1.29, 1.82) is 0 Å². The normalized spacial score (nSPS) is 13.3. The fraction of sp³-hybridized carbons (Fsp3) is 0.882. The zero-order valence-electron chi connectivity index (χ0n) is 12.7. The minimum atomic E-state index is -0.206. The Labute approximate surface area is 115 Å². The van der Waals surface area contributed by atoms with Gasteiger partial charge in [-0.1, -0.05) is 83.8 Å². The number of unbranched alkanes of at least 4 members (excludes halogenated alkanes) is 9. The van der Waals surface area contributed by atoms with Crippen molar-refractivity contribution in [2.24, 2.45) is 0 Å². The molecule has 0 aliphatic heterocycles. The highest BCUT2D eigenvalue weighted by Gasteiger charge is 1.98. The van der Waals surface area contributed by atoms with Gasteiger partial charge in [0.05, 0.1) is 6.10 Å². The Bertz CT molecular complexity index is 174. The molecule has 1 unspecified atom stereocenters. The van der Waals surface area contributed by atoms with E-state index < -0.39 is 0 Å². The summed E-state index contributed by atoms with van der Waals surface area (Å²) >= 11 is 0. The summed E-state index contributed by atoms with van der Waals surface area (Å²) < 4.78 is 0. The van der Waals surface area contributed by atoms with Gasteiger partial charge in [0.1, 0.15) is 0 Å². The molecule has 0 aliphatic carbocycles. The van der Waals surface area contributed by atoms with Crippen LogP contribution in [0.4, 0.5) is 0 Å². The van der Waals surface area contributed by atoms with Crippen LogP contribution in [0, 0.1) is 0 Å². The molecule has 1 heteroatoms. The van der Waals surface area contributed by atoms with Crippen LogP contribution in [-0.2, 0) is 0 Å². The van der Waals surface area contributed by atoms with Gasteiger partial charge >= 0.3 is 0 Å². The molecule has 0 aromatic rings. The summed E-state index contributed by atoms with van der Waals surface area (Å²) in [5.74, 6) is 0. The maximum Gasteiger partial charge on any atom is 0.0720 e. The van der Waals surface area contributed by atoms with Gasteiger partial charge in [0, 0.05) is 0 Å². The van der Waals surface area contributed by atoms with Gasteiger partial charge in [-0.25, -0.2) is 0 Å². The SMILES string of the molecule is CCCCC/C=C/C(O)CCCCCCCCC. The maximum atomic E-state index is 9.76. The number of aliphatic hydroxyl groups is 1. The third-order valence-corrected chi connectivity index (χ3v) is 3.44. The summed E-state index contributed by atoms with van der Waals surface area (Å²) in [6.07, 6.45) is 19.1. The monoisotopic (exact) mass is 254 g/mol. The highest BCUT2D eigenvalue weighted by Crippen LogP contribution is 2.10. The summed E-state index contributed by atoms with van der Waals surface area (Å²) in [5, 5.41) is 9.76. The lowest BCUT2D eigenvalue weighted by atomic mass is 10.1. The Kier molecular flexibility index (Phi) is 14.5. The van der Waals surface area contributed by atoms with Gasteiger partial charge in [-0.05, 0) is 19.3 Å². The number of hydrogen-bond donors (Lipinski definition) is 1. The second-order valence-electron chi connectivity index (χ2n) is 5.40.